The lowest BCUT2D eigenvalue weighted by atomic mass is 10.2. The van der Waals surface area contributed by atoms with Gasteiger partial charge in [-0.2, -0.15) is 5.10 Å². The van der Waals surface area contributed by atoms with Gasteiger partial charge in [0.25, 0.3) is 0 Å². The Morgan fingerprint density at radius 3 is 2.85 bits per heavy atom. The minimum absolute atomic E-state index is 0.239. The molecule has 8 heteroatoms. The molecule has 1 heterocycles. The summed E-state index contributed by atoms with van der Waals surface area (Å²) in [5, 5.41) is 7.45. The fourth-order valence-corrected chi connectivity index (χ4v) is 3.17. The van der Waals surface area contributed by atoms with Crippen LogP contribution in [0, 0.1) is 6.92 Å². The number of ether oxygens (including phenoxy) is 1. The molecule has 1 aromatic heterocycles. The van der Waals surface area contributed by atoms with Gasteiger partial charge in [-0.25, -0.2) is 9.78 Å². The van der Waals surface area contributed by atoms with Crippen LogP contribution >= 0.6 is 34.5 Å². The zero-order valence-corrected chi connectivity index (χ0v) is 15.9. The summed E-state index contributed by atoms with van der Waals surface area (Å²) >= 11 is 13.3. The second-order valence-electron chi connectivity index (χ2n) is 5.25. The van der Waals surface area contributed by atoms with Gasteiger partial charge in [-0.15, -0.1) is 11.3 Å². The lowest BCUT2D eigenvalue weighted by molar-refractivity contribution is 0.0735. The second kappa shape index (κ2) is 8.31. The fourth-order valence-electron chi connectivity index (χ4n) is 2.04. The third-order valence-corrected chi connectivity index (χ3v) is 4.63. The van der Waals surface area contributed by atoms with E-state index in [1.165, 1.54) is 23.5 Å². The minimum Gasteiger partial charge on any atom is -0.423 e. The quantitative estimate of drug-likeness (QED) is 0.266. The van der Waals surface area contributed by atoms with E-state index in [1.54, 1.807) is 30.5 Å². The zero-order chi connectivity index (χ0) is 18.5. The molecular formula is C18H13Cl2N3O2S. The summed E-state index contributed by atoms with van der Waals surface area (Å²) in [7, 11) is 0. The summed E-state index contributed by atoms with van der Waals surface area (Å²) in [5.74, 6) is -0.174. The molecule has 5 nitrogen and oxygen atoms in total. The van der Waals surface area contributed by atoms with E-state index in [9.17, 15) is 4.79 Å². The van der Waals surface area contributed by atoms with Gasteiger partial charge in [0.05, 0.1) is 22.5 Å². The Balaban J connectivity index is 1.67. The van der Waals surface area contributed by atoms with Crippen molar-refractivity contribution in [1.29, 1.82) is 0 Å². The molecular weight excluding hydrogens is 393 g/mol. The molecule has 0 fully saturated rings. The van der Waals surface area contributed by atoms with Crippen LogP contribution in [0.4, 0.5) is 5.13 Å². The highest BCUT2D eigenvalue weighted by molar-refractivity contribution is 7.13. The highest BCUT2D eigenvalue weighted by Crippen LogP contribution is 2.23. The molecule has 26 heavy (non-hydrogen) atoms. The van der Waals surface area contributed by atoms with Crippen molar-refractivity contribution in [3.05, 3.63) is 74.7 Å². The number of carbonyl (C=O) groups excluding carboxylic acids is 1. The number of hydrogen-bond donors (Lipinski definition) is 1. The molecule has 0 aliphatic carbocycles. The number of thiazole rings is 1. The number of aromatic nitrogens is 1. The molecule has 2 aromatic carbocycles. The smallest absolute Gasteiger partial charge is 0.345 e. The van der Waals surface area contributed by atoms with E-state index < -0.39 is 5.97 Å². The fraction of sp³-hybridized carbons (Fsp3) is 0.0556. The molecule has 1 N–H and O–H groups in total. The molecule has 0 radical (unpaired) electrons. The lowest BCUT2D eigenvalue weighted by Crippen LogP contribution is -2.09. The minimum atomic E-state index is -0.558. The first-order valence-corrected chi connectivity index (χ1v) is 9.13. The van der Waals surface area contributed by atoms with Crippen LogP contribution in [0.3, 0.4) is 0 Å². The van der Waals surface area contributed by atoms with Crippen molar-refractivity contribution in [2.75, 3.05) is 5.43 Å². The summed E-state index contributed by atoms with van der Waals surface area (Å²) in [5.41, 5.74) is 4.79. The van der Waals surface area contributed by atoms with Crippen LogP contribution in [0.2, 0.25) is 10.0 Å². The first-order valence-electron chi connectivity index (χ1n) is 7.50. The van der Waals surface area contributed by atoms with Gasteiger partial charge in [0.15, 0.2) is 0 Å². The summed E-state index contributed by atoms with van der Waals surface area (Å²) < 4.78 is 5.37. The number of aryl methyl sites for hydroxylation is 1. The predicted octanol–water partition coefficient (Wildman–Crippen LogP) is 5.42. The predicted molar refractivity (Wildman–Crippen MR) is 106 cm³/mol. The van der Waals surface area contributed by atoms with Gasteiger partial charge in [-0.1, -0.05) is 35.3 Å². The number of rotatable bonds is 5. The van der Waals surface area contributed by atoms with Crippen molar-refractivity contribution in [2.45, 2.75) is 6.92 Å². The number of nitrogens with one attached hydrogen (secondary N) is 1. The summed E-state index contributed by atoms with van der Waals surface area (Å²) in [6.07, 6.45) is 1.61. The van der Waals surface area contributed by atoms with Crippen molar-refractivity contribution in [1.82, 2.24) is 4.98 Å². The second-order valence-corrected chi connectivity index (χ2v) is 6.95. The van der Waals surface area contributed by atoms with E-state index in [4.69, 9.17) is 27.9 Å². The number of hydrogen-bond acceptors (Lipinski definition) is 6. The largest absolute Gasteiger partial charge is 0.423 e. The Labute approximate surface area is 164 Å². The average Bonchev–Trinajstić information content (AvgIpc) is 3.00. The van der Waals surface area contributed by atoms with Crippen molar-refractivity contribution < 1.29 is 9.53 Å². The summed E-state index contributed by atoms with van der Waals surface area (Å²) in [6, 6.07) is 11.6. The van der Waals surface area contributed by atoms with E-state index in [0.29, 0.717) is 15.9 Å². The van der Waals surface area contributed by atoms with Crippen molar-refractivity contribution >= 4 is 51.9 Å². The molecule has 0 atom stereocenters. The van der Waals surface area contributed by atoms with Crippen molar-refractivity contribution in [2.24, 2.45) is 5.10 Å². The van der Waals surface area contributed by atoms with Crippen LogP contribution < -0.4 is 10.2 Å². The Bertz CT molecular complexity index is 973. The Hall–Kier alpha value is -2.41. The maximum atomic E-state index is 12.3. The Morgan fingerprint density at radius 1 is 1.27 bits per heavy atom. The summed E-state index contributed by atoms with van der Waals surface area (Å²) in [4.78, 5) is 16.5. The molecule has 0 saturated carbocycles. The van der Waals surface area contributed by atoms with Crippen molar-refractivity contribution in [3.63, 3.8) is 0 Å². The van der Waals surface area contributed by atoms with Crippen LogP contribution in [-0.2, 0) is 0 Å². The number of halogens is 2. The standard InChI is InChI=1S/C18H13Cl2N3O2S/c1-11-10-26-18(22-11)23-21-9-12-3-2-4-14(7-12)25-17(24)15-6-5-13(19)8-16(15)20/h2-10H,1H3,(H,22,23). The van der Waals surface area contributed by atoms with Crippen molar-refractivity contribution in [3.8, 4) is 5.75 Å². The number of anilines is 1. The molecule has 0 saturated heterocycles. The van der Waals surface area contributed by atoms with E-state index in [0.717, 1.165) is 11.3 Å². The van der Waals surface area contributed by atoms with Crippen LogP contribution in [0.5, 0.6) is 5.75 Å². The zero-order valence-electron chi connectivity index (χ0n) is 13.6. The van der Waals surface area contributed by atoms with E-state index in [2.05, 4.69) is 15.5 Å². The molecule has 132 valence electrons. The van der Waals surface area contributed by atoms with Gasteiger partial charge in [-0.3, -0.25) is 5.43 Å². The van der Waals surface area contributed by atoms with Gasteiger partial charge >= 0.3 is 5.97 Å². The number of esters is 1. The molecule has 3 rings (SSSR count). The van der Waals surface area contributed by atoms with Gasteiger partial charge in [0.2, 0.25) is 5.13 Å². The number of hydrazone groups is 1. The average molecular weight is 406 g/mol. The molecule has 0 aliphatic heterocycles. The van der Waals surface area contributed by atoms with E-state index >= 15 is 0 Å². The van der Waals surface area contributed by atoms with E-state index in [1.807, 2.05) is 18.4 Å². The number of nitrogens with zero attached hydrogens (tertiary/aromatic N) is 2. The van der Waals surface area contributed by atoms with Gasteiger partial charge in [0, 0.05) is 10.4 Å². The van der Waals surface area contributed by atoms with Crippen LogP contribution in [0.25, 0.3) is 0 Å². The molecule has 3 aromatic rings. The summed E-state index contributed by atoms with van der Waals surface area (Å²) in [6.45, 7) is 1.91. The first kappa shape index (κ1) is 18.4. The van der Waals surface area contributed by atoms with Gasteiger partial charge in [-0.05, 0) is 42.8 Å². The maximum Gasteiger partial charge on any atom is 0.345 e. The highest BCUT2D eigenvalue weighted by Gasteiger charge is 2.13. The Morgan fingerprint density at radius 2 is 2.12 bits per heavy atom. The van der Waals surface area contributed by atoms with Crippen LogP contribution in [0.1, 0.15) is 21.6 Å². The van der Waals surface area contributed by atoms with E-state index in [-0.39, 0.29) is 10.6 Å². The molecule has 0 unspecified atom stereocenters. The number of carbonyl (C=O) groups is 1. The van der Waals surface area contributed by atoms with Crippen LogP contribution in [0.15, 0.2) is 52.9 Å². The maximum absolute atomic E-state index is 12.3. The lowest BCUT2D eigenvalue weighted by Gasteiger charge is -2.06. The first-order chi connectivity index (χ1) is 12.5. The molecule has 0 aliphatic rings. The number of benzene rings is 2. The monoisotopic (exact) mass is 405 g/mol. The highest BCUT2D eigenvalue weighted by atomic mass is 35.5. The third kappa shape index (κ3) is 4.82. The van der Waals surface area contributed by atoms with Crippen LogP contribution in [-0.4, -0.2) is 17.2 Å². The van der Waals surface area contributed by atoms with Gasteiger partial charge < -0.3 is 4.74 Å². The third-order valence-electron chi connectivity index (χ3n) is 3.21. The SMILES string of the molecule is Cc1csc(NN=Cc2cccc(OC(=O)c3ccc(Cl)cc3Cl)c2)n1. The Kier molecular flexibility index (Phi) is 5.88. The molecule has 0 spiro atoms. The molecule has 0 amide bonds. The molecule has 0 bridgehead atoms. The van der Waals surface area contributed by atoms with Gasteiger partial charge in [0.1, 0.15) is 5.75 Å². The topological polar surface area (TPSA) is 63.6 Å². The normalized spacial score (nSPS) is 10.9.